The van der Waals surface area contributed by atoms with E-state index in [4.69, 9.17) is 0 Å². The van der Waals surface area contributed by atoms with Gasteiger partial charge in [0.05, 0.1) is 12.3 Å². The van der Waals surface area contributed by atoms with Gasteiger partial charge in [-0.05, 0) is 67.7 Å². The van der Waals surface area contributed by atoms with Crippen molar-refractivity contribution in [2.45, 2.75) is 57.0 Å². The topological polar surface area (TPSA) is 55.7 Å². The molecule has 0 radical (unpaired) electrons. The summed E-state index contributed by atoms with van der Waals surface area (Å²) in [5, 5.41) is 16.7. The highest BCUT2D eigenvalue weighted by Gasteiger charge is 2.36. The monoisotopic (exact) mass is 400 g/mol. The molecule has 5 heteroatoms. The number of nitrogens with zero attached hydrogens (tertiary/aromatic N) is 3. The summed E-state index contributed by atoms with van der Waals surface area (Å²) in [5.41, 5.74) is 6.41. The average Bonchev–Trinajstić information content (AvgIpc) is 3.49. The molecule has 3 aliphatic carbocycles. The Morgan fingerprint density at radius 1 is 1.17 bits per heavy atom. The molecule has 1 unspecified atom stereocenters. The van der Waals surface area contributed by atoms with Gasteiger partial charge in [-0.25, -0.2) is 4.39 Å². The number of halogens is 1. The summed E-state index contributed by atoms with van der Waals surface area (Å²) < 4.78 is 14.4. The number of benzene rings is 1. The van der Waals surface area contributed by atoms with E-state index >= 15 is 0 Å². The van der Waals surface area contributed by atoms with Gasteiger partial charge in [0.15, 0.2) is 0 Å². The van der Waals surface area contributed by atoms with Crippen LogP contribution < -0.4 is 0 Å². The fourth-order valence-corrected chi connectivity index (χ4v) is 4.84. The second-order valence-corrected chi connectivity index (χ2v) is 8.49. The average molecular weight is 401 g/mol. The van der Waals surface area contributed by atoms with Crippen LogP contribution in [-0.4, -0.2) is 27.2 Å². The first-order chi connectivity index (χ1) is 14.7. The third-order valence-corrected chi connectivity index (χ3v) is 6.54. The number of aromatic nitrogens is 2. The van der Waals surface area contributed by atoms with Gasteiger partial charge in [-0.15, -0.1) is 0 Å². The van der Waals surface area contributed by atoms with E-state index in [1.165, 1.54) is 24.1 Å². The first-order valence-corrected chi connectivity index (χ1v) is 10.7. The number of H-pyrrole nitrogens is 1. The molecule has 0 amide bonds. The molecule has 0 aliphatic heterocycles. The third-order valence-electron chi connectivity index (χ3n) is 6.54. The summed E-state index contributed by atoms with van der Waals surface area (Å²) in [6.07, 6.45) is 10.2. The fourth-order valence-electron chi connectivity index (χ4n) is 4.84. The van der Waals surface area contributed by atoms with Crippen LogP contribution in [0.15, 0.2) is 54.5 Å². The number of aryl methyl sites for hydroxylation is 1. The molecule has 0 spiro atoms. The highest BCUT2D eigenvalue weighted by molar-refractivity contribution is 5.83. The highest BCUT2D eigenvalue weighted by atomic mass is 19.1. The zero-order valence-electron chi connectivity index (χ0n) is 17.0. The minimum Gasteiger partial charge on any atom is -0.365 e. The smallest absolute Gasteiger partial charge is 0.128 e. The van der Waals surface area contributed by atoms with Gasteiger partial charge in [0.1, 0.15) is 5.83 Å². The third kappa shape index (κ3) is 3.37. The van der Waals surface area contributed by atoms with Crippen LogP contribution >= 0.6 is 0 Å². The van der Waals surface area contributed by atoms with Gasteiger partial charge < -0.3 is 4.90 Å². The molecule has 1 saturated carbocycles. The van der Waals surface area contributed by atoms with Crippen LogP contribution in [0.3, 0.4) is 0 Å². The minimum atomic E-state index is -0.290. The number of aromatic amines is 1. The van der Waals surface area contributed by atoms with E-state index in [2.05, 4.69) is 27.7 Å². The van der Waals surface area contributed by atoms with E-state index < -0.39 is 0 Å². The predicted molar refractivity (Wildman–Crippen MR) is 116 cm³/mol. The van der Waals surface area contributed by atoms with Gasteiger partial charge in [0, 0.05) is 34.6 Å². The van der Waals surface area contributed by atoms with E-state index in [9.17, 15) is 9.65 Å². The maximum Gasteiger partial charge on any atom is 0.128 e. The van der Waals surface area contributed by atoms with Crippen LogP contribution in [0.5, 0.6) is 0 Å². The van der Waals surface area contributed by atoms with Crippen LogP contribution in [0.4, 0.5) is 4.39 Å². The van der Waals surface area contributed by atoms with Gasteiger partial charge in [0.2, 0.25) is 0 Å². The fraction of sp³-hybridized carbons (Fsp3) is 0.360. The van der Waals surface area contributed by atoms with Crippen molar-refractivity contribution < 1.29 is 4.39 Å². The van der Waals surface area contributed by atoms with Gasteiger partial charge in [0.25, 0.3) is 0 Å². The van der Waals surface area contributed by atoms with Crippen LogP contribution in [-0.2, 0) is 12.8 Å². The second kappa shape index (κ2) is 7.60. The van der Waals surface area contributed by atoms with Crippen molar-refractivity contribution in [3.63, 3.8) is 0 Å². The lowest BCUT2D eigenvalue weighted by atomic mass is 9.90. The van der Waals surface area contributed by atoms with Crippen molar-refractivity contribution in [2.75, 3.05) is 0 Å². The Labute approximate surface area is 176 Å². The Hall–Kier alpha value is -3.13. The molecule has 1 heterocycles. The van der Waals surface area contributed by atoms with Crippen molar-refractivity contribution in [3.05, 3.63) is 76.9 Å². The van der Waals surface area contributed by atoms with Crippen molar-refractivity contribution in [1.29, 1.82) is 5.26 Å². The molecule has 1 aromatic heterocycles. The number of allylic oxidation sites excluding steroid dienone is 4. The lowest BCUT2D eigenvalue weighted by Crippen LogP contribution is -2.39. The van der Waals surface area contributed by atoms with Gasteiger partial charge >= 0.3 is 0 Å². The molecule has 5 rings (SSSR count). The van der Waals surface area contributed by atoms with E-state index in [0.29, 0.717) is 36.1 Å². The quantitative estimate of drug-likeness (QED) is 0.738. The SMILES string of the molecule is C=C(c1ccc(C2=C(C#N)CCC=C2F)cc1)N(C1CC1)C1CCc2[nH]ncc2C1. The first kappa shape index (κ1) is 18.9. The predicted octanol–water partition coefficient (Wildman–Crippen LogP) is 5.33. The Balaban J connectivity index is 1.40. The number of rotatable bonds is 5. The number of hydrogen-bond donors (Lipinski definition) is 1. The number of nitriles is 1. The van der Waals surface area contributed by atoms with Crippen molar-refractivity contribution in [3.8, 4) is 6.07 Å². The number of hydrogen-bond acceptors (Lipinski definition) is 3. The van der Waals surface area contributed by atoms with Crippen molar-refractivity contribution in [2.24, 2.45) is 0 Å². The Morgan fingerprint density at radius 2 is 1.97 bits per heavy atom. The maximum atomic E-state index is 14.4. The molecule has 4 nitrogen and oxygen atoms in total. The van der Waals surface area contributed by atoms with Crippen LogP contribution in [0.1, 0.15) is 54.5 Å². The Kier molecular flexibility index (Phi) is 4.78. The van der Waals surface area contributed by atoms with E-state index in [1.807, 2.05) is 30.5 Å². The normalized spacial score (nSPS) is 20.9. The maximum absolute atomic E-state index is 14.4. The van der Waals surface area contributed by atoms with Crippen molar-refractivity contribution >= 4 is 11.3 Å². The molecule has 0 saturated heterocycles. The molecular weight excluding hydrogens is 375 g/mol. The summed E-state index contributed by atoms with van der Waals surface area (Å²) in [5.74, 6) is -0.290. The van der Waals surface area contributed by atoms with E-state index in [1.54, 1.807) is 6.08 Å². The molecule has 2 aromatic rings. The second-order valence-electron chi connectivity index (χ2n) is 8.49. The summed E-state index contributed by atoms with van der Waals surface area (Å²) in [6.45, 7) is 4.45. The van der Waals surface area contributed by atoms with Crippen LogP contribution in [0.2, 0.25) is 0 Å². The molecule has 1 aromatic carbocycles. The number of fused-ring (bicyclic) bond motifs is 1. The lowest BCUT2D eigenvalue weighted by molar-refractivity contribution is 0.259. The van der Waals surface area contributed by atoms with Crippen molar-refractivity contribution in [1.82, 2.24) is 15.1 Å². The zero-order chi connectivity index (χ0) is 20.7. The largest absolute Gasteiger partial charge is 0.365 e. The highest BCUT2D eigenvalue weighted by Crippen LogP contribution is 2.39. The lowest BCUT2D eigenvalue weighted by Gasteiger charge is -2.37. The number of nitrogens with one attached hydrogen (secondary N) is 1. The van der Waals surface area contributed by atoms with Crippen LogP contribution in [0, 0.1) is 11.3 Å². The summed E-state index contributed by atoms with van der Waals surface area (Å²) in [7, 11) is 0. The summed E-state index contributed by atoms with van der Waals surface area (Å²) >= 11 is 0. The van der Waals surface area contributed by atoms with Gasteiger partial charge in [-0.1, -0.05) is 30.8 Å². The summed E-state index contributed by atoms with van der Waals surface area (Å²) in [4.78, 5) is 2.51. The standard InChI is InChI=1S/C25H25FN4/c1-16(30(21-9-10-21)22-11-12-24-20(13-22)15-28-29-24)17-5-7-18(8-6-17)25-19(14-27)3-2-4-23(25)26/h4-8,15,21-22H,1-3,9-13H2,(H,28,29). The Morgan fingerprint density at radius 3 is 2.70 bits per heavy atom. The van der Waals surface area contributed by atoms with Gasteiger partial charge in [-0.2, -0.15) is 10.4 Å². The first-order valence-electron chi connectivity index (χ1n) is 10.7. The summed E-state index contributed by atoms with van der Waals surface area (Å²) in [6, 6.07) is 11.0. The zero-order valence-corrected chi connectivity index (χ0v) is 17.0. The molecule has 1 fully saturated rings. The minimum absolute atomic E-state index is 0.290. The Bertz CT molecular complexity index is 1080. The molecule has 1 N–H and O–H groups in total. The molecule has 1 atom stereocenters. The molecule has 30 heavy (non-hydrogen) atoms. The van der Waals surface area contributed by atoms with E-state index in [-0.39, 0.29) is 5.83 Å². The van der Waals surface area contributed by atoms with Gasteiger partial charge in [-0.3, -0.25) is 5.10 Å². The molecule has 3 aliphatic rings. The van der Waals surface area contributed by atoms with E-state index in [0.717, 1.165) is 36.1 Å². The molecular formula is C25H25FN4. The van der Waals surface area contributed by atoms with Crippen LogP contribution in [0.25, 0.3) is 11.3 Å². The molecule has 152 valence electrons. The molecule has 0 bridgehead atoms.